The van der Waals surface area contributed by atoms with Crippen molar-refractivity contribution in [2.75, 3.05) is 32.1 Å². The lowest BCUT2D eigenvalue weighted by Crippen LogP contribution is -2.43. The zero-order valence-electron chi connectivity index (χ0n) is 13.6. The number of halogens is 1. The fourth-order valence-corrected chi connectivity index (χ4v) is 3.20. The number of nitrogens with zero attached hydrogens (tertiary/aromatic N) is 3. The van der Waals surface area contributed by atoms with Gasteiger partial charge in [0.1, 0.15) is 0 Å². The van der Waals surface area contributed by atoms with Crippen LogP contribution in [0.2, 0.25) is 5.02 Å². The van der Waals surface area contributed by atoms with Gasteiger partial charge in [-0.05, 0) is 25.0 Å². The molecule has 1 N–H and O–H groups in total. The highest BCUT2D eigenvalue weighted by Crippen LogP contribution is 2.21. The van der Waals surface area contributed by atoms with Crippen molar-refractivity contribution in [2.45, 2.75) is 12.8 Å². The van der Waals surface area contributed by atoms with E-state index in [1.165, 1.54) is 0 Å². The molecule has 128 valence electrons. The summed E-state index contributed by atoms with van der Waals surface area (Å²) in [4.78, 5) is 14.3. The Hall–Kier alpha value is -2.05. The molecule has 1 aromatic heterocycles. The third-order valence-electron chi connectivity index (χ3n) is 4.14. The minimum Gasteiger partial charge on any atom is -0.384 e. The van der Waals surface area contributed by atoms with Crippen LogP contribution in [0.25, 0.3) is 5.69 Å². The Balaban J connectivity index is 1.64. The highest BCUT2D eigenvalue weighted by molar-refractivity contribution is 6.32. The van der Waals surface area contributed by atoms with Crippen molar-refractivity contribution >= 4 is 23.3 Å². The third-order valence-corrected chi connectivity index (χ3v) is 4.46. The first kappa shape index (κ1) is 16.8. The average molecular weight is 349 g/mol. The van der Waals surface area contributed by atoms with Gasteiger partial charge in [-0.15, -0.1) is 0 Å². The smallest absolute Gasteiger partial charge is 0.321 e. The number of methoxy groups -OCH3 is 1. The van der Waals surface area contributed by atoms with E-state index < -0.39 is 0 Å². The molecule has 0 radical (unpaired) electrons. The van der Waals surface area contributed by atoms with E-state index in [4.69, 9.17) is 16.3 Å². The standard InChI is InChI=1S/C17H21ClN4O2/c1-24-12-13-5-4-8-21(10-13)17(23)20-14-9-19-22(11-14)16-7-3-2-6-15(16)18/h2-3,6-7,9,11,13H,4-5,8,10,12H2,1H3,(H,20,23). The van der Waals surface area contributed by atoms with Crippen molar-refractivity contribution in [3.63, 3.8) is 0 Å². The number of amides is 2. The predicted molar refractivity (Wildman–Crippen MR) is 93.8 cm³/mol. The second-order valence-corrected chi connectivity index (χ2v) is 6.37. The number of hydrogen-bond donors (Lipinski definition) is 1. The highest BCUT2D eigenvalue weighted by atomic mass is 35.5. The second kappa shape index (κ2) is 7.68. The summed E-state index contributed by atoms with van der Waals surface area (Å²) in [6, 6.07) is 7.34. The molecule has 0 spiro atoms. The van der Waals surface area contributed by atoms with Crippen LogP contribution in [-0.4, -0.2) is 47.5 Å². The predicted octanol–water partition coefficient (Wildman–Crippen LogP) is 3.42. The van der Waals surface area contributed by atoms with Gasteiger partial charge in [0.15, 0.2) is 0 Å². The lowest BCUT2D eigenvalue weighted by molar-refractivity contribution is 0.104. The van der Waals surface area contributed by atoms with Crippen LogP contribution in [0.1, 0.15) is 12.8 Å². The third kappa shape index (κ3) is 3.88. The maximum absolute atomic E-state index is 12.4. The lowest BCUT2D eigenvalue weighted by Gasteiger charge is -2.32. The fraction of sp³-hybridized carbons (Fsp3) is 0.412. The van der Waals surface area contributed by atoms with E-state index in [0.29, 0.717) is 23.2 Å². The molecule has 1 saturated heterocycles. The number of para-hydroxylation sites is 1. The normalized spacial score (nSPS) is 17.8. The van der Waals surface area contributed by atoms with E-state index in [-0.39, 0.29) is 6.03 Å². The Bertz CT molecular complexity index is 701. The van der Waals surface area contributed by atoms with Gasteiger partial charge in [0.25, 0.3) is 0 Å². The van der Waals surface area contributed by atoms with Gasteiger partial charge in [-0.25, -0.2) is 9.48 Å². The van der Waals surface area contributed by atoms with Crippen LogP contribution in [-0.2, 0) is 4.74 Å². The molecule has 0 bridgehead atoms. The molecule has 2 heterocycles. The van der Waals surface area contributed by atoms with Crippen LogP contribution < -0.4 is 5.32 Å². The van der Waals surface area contributed by atoms with Gasteiger partial charge < -0.3 is 15.0 Å². The van der Waals surface area contributed by atoms with E-state index in [2.05, 4.69) is 10.4 Å². The first-order valence-corrected chi connectivity index (χ1v) is 8.39. The van der Waals surface area contributed by atoms with Crippen LogP contribution in [0.5, 0.6) is 0 Å². The summed E-state index contributed by atoms with van der Waals surface area (Å²) >= 11 is 6.17. The zero-order valence-corrected chi connectivity index (χ0v) is 14.4. The molecule has 2 aromatic rings. The van der Waals surface area contributed by atoms with Gasteiger partial charge in [-0.1, -0.05) is 23.7 Å². The van der Waals surface area contributed by atoms with Crippen LogP contribution in [0, 0.1) is 5.92 Å². The summed E-state index contributed by atoms with van der Waals surface area (Å²) in [7, 11) is 1.70. The number of rotatable bonds is 4. The number of nitrogens with one attached hydrogen (secondary N) is 1. The number of piperidine rings is 1. The van der Waals surface area contributed by atoms with Gasteiger partial charge in [-0.2, -0.15) is 5.10 Å². The van der Waals surface area contributed by atoms with Crippen molar-refractivity contribution in [1.82, 2.24) is 14.7 Å². The Morgan fingerprint density at radius 2 is 2.29 bits per heavy atom. The first-order chi connectivity index (χ1) is 11.7. The number of carbonyl (C=O) groups excluding carboxylic acids is 1. The number of benzene rings is 1. The van der Waals surface area contributed by atoms with Crippen molar-refractivity contribution in [1.29, 1.82) is 0 Å². The second-order valence-electron chi connectivity index (χ2n) is 5.96. The van der Waals surface area contributed by atoms with E-state index in [1.54, 1.807) is 30.3 Å². The molecule has 1 aliphatic rings. The summed E-state index contributed by atoms with van der Waals surface area (Å²) in [5, 5.41) is 7.78. The van der Waals surface area contributed by atoms with E-state index in [1.807, 2.05) is 23.1 Å². The topological polar surface area (TPSA) is 59.4 Å². The SMILES string of the molecule is COCC1CCCN(C(=O)Nc2cnn(-c3ccccc3Cl)c2)C1. The van der Waals surface area contributed by atoms with Gasteiger partial charge in [-0.3, -0.25) is 0 Å². The first-order valence-electron chi connectivity index (χ1n) is 8.02. The molecule has 0 saturated carbocycles. The molecule has 1 aliphatic heterocycles. The summed E-state index contributed by atoms with van der Waals surface area (Å²) < 4.78 is 6.86. The average Bonchev–Trinajstić information content (AvgIpc) is 3.04. The van der Waals surface area contributed by atoms with E-state index in [0.717, 1.165) is 31.6 Å². The van der Waals surface area contributed by atoms with Gasteiger partial charge in [0.2, 0.25) is 0 Å². The number of hydrogen-bond acceptors (Lipinski definition) is 3. The molecular formula is C17H21ClN4O2. The number of anilines is 1. The number of ether oxygens (including phenoxy) is 1. The van der Waals surface area contributed by atoms with Crippen molar-refractivity contribution in [2.24, 2.45) is 5.92 Å². The molecule has 7 heteroatoms. The minimum absolute atomic E-state index is 0.102. The van der Waals surface area contributed by atoms with Crippen molar-refractivity contribution in [3.8, 4) is 5.69 Å². The Morgan fingerprint density at radius 3 is 3.08 bits per heavy atom. The summed E-state index contributed by atoms with van der Waals surface area (Å²) in [5.41, 5.74) is 1.42. The van der Waals surface area contributed by atoms with Crippen LogP contribution >= 0.6 is 11.6 Å². The fourth-order valence-electron chi connectivity index (χ4n) is 2.98. The number of aromatic nitrogens is 2. The highest BCUT2D eigenvalue weighted by Gasteiger charge is 2.23. The van der Waals surface area contributed by atoms with E-state index in [9.17, 15) is 4.79 Å². The Kier molecular flexibility index (Phi) is 5.37. The molecule has 1 atom stereocenters. The number of urea groups is 1. The molecule has 1 unspecified atom stereocenters. The van der Waals surface area contributed by atoms with Gasteiger partial charge in [0.05, 0.1) is 35.4 Å². The lowest BCUT2D eigenvalue weighted by atomic mass is 9.99. The molecule has 1 fully saturated rings. The molecular weight excluding hydrogens is 328 g/mol. The van der Waals surface area contributed by atoms with Crippen LogP contribution in [0.15, 0.2) is 36.7 Å². The van der Waals surface area contributed by atoms with Crippen molar-refractivity contribution in [3.05, 3.63) is 41.7 Å². The maximum Gasteiger partial charge on any atom is 0.321 e. The molecule has 0 aliphatic carbocycles. The minimum atomic E-state index is -0.102. The molecule has 1 aromatic carbocycles. The summed E-state index contributed by atoms with van der Waals surface area (Å²) in [6.07, 6.45) is 5.48. The van der Waals surface area contributed by atoms with E-state index >= 15 is 0 Å². The quantitative estimate of drug-likeness (QED) is 0.921. The molecule has 2 amide bonds. The van der Waals surface area contributed by atoms with Crippen LogP contribution in [0.4, 0.5) is 10.5 Å². The Labute approximate surface area is 146 Å². The largest absolute Gasteiger partial charge is 0.384 e. The van der Waals surface area contributed by atoms with Gasteiger partial charge >= 0.3 is 6.03 Å². The molecule has 6 nitrogen and oxygen atoms in total. The Morgan fingerprint density at radius 1 is 1.46 bits per heavy atom. The van der Waals surface area contributed by atoms with Crippen molar-refractivity contribution < 1.29 is 9.53 Å². The zero-order chi connectivity index (χ0) is 16.9. The van der Waals surface area contributed by atoms with Crippen LogP contribution in [0.3, 0.4) is 0 Å². The number of carbonyl (C=O) groups is 1. The molecule has 3 rings (SSSR count). The summed E-state index contributed by atoms with van der Waals surface area (Å²) in [6.45, 7) is 2.18. The monoisotopic (exact) mass is 348 g/mol. The van der Waals surface area contributed by atoms with Gasteiger partial charge in [0, 0.05) is 26.1 Å². The maximum atomic E-state index is 12.4. The number of likely N-dealkylation sites (tertiary alicyclic amines) is 1. The molecule has 24 heavy (non-hydrogen) atoms. The summed E-state index contributed by atoms with van der Waals surface area (Å²) in [5.74, 6) is 0.403.